The van der Waals surface area contributed by atoms with Crippen molar-refractivity contribution in [2.45, 2.75) is 13.0 Å². The van der Waals surface area contributed by atoms with Gasteiger partial charge in [-0.1, -0.05) is 30.3 Å². The maximum atomic E-state index is 12.6. The van der Waals surface area contributed by atoms with Crippen LogP contribution in [0.1, 0.15) is 16.8 Å². The largest absolute Gasteiger partial charge is 0.331 e. The van der Waals surface area contributed by atoms with Gasteiger partial charge in [-0.2, -0.15) is 9.36 Å². The van der Waals surface area contributed by atoms with Crippen molar-refractivity contribution in [1.82, 2.24) is 18.9 Å². The lowest BCUT2D eigenvalue weighted by atomic mass is 10.2. The Morgan fingerprint density at radius 2 is 2.04 bits per heavy atom. The van der Waals surface area contributed by atoms with Gasteiger partial charge in [0.05, 0.1) is 17.4 Å². The Morgan fingerprint density at radius 3 is 2.85 bits per heavy atom. The summed E-state index contributed by atoms with van der Waals surface area (Å²) in [6.45, 7) is 1.44. The van der Waals surface area contributed by atoms with Crippen LogP contribution in [0.2, 0.25) is 0 Å². The quantitative estimate of drug-likeness (QED) is 0.537. The molecule has 3 N–H and O–H groups in total. The second kappa shape index (κ2) is 7.65. The first kappa shape index (κ1) is 17.3. The highest BCUT2D eigenvalue weighted by atomic mass is 32.1. The third-order valence-electron chi connectivity index (χ3n) is 4.16. The number of hydrogen-bond donors (Lipinski definition) is 2. The molecule has 4 rings (SSSR count). The van der Waals surface area contributed by atoms with E-state index < -0.39 is 0 Å². The Morgan fingerprint density at radius 1 is 1.19 bits per heavy atom. The third-order valence-corrected chi connectivity index (χ3v) is 4.80. The van der Waals surface area contributed by atoms with Crippen LogP contribution in [0.25, 0.3) is 22.4 Å². The van der Waals surface area contributed by atoms with Crippen LogP contribution in [0.5, 0.6) is 0 Å². The molecule has 8 heteroatoms. The second-order valence-electron chi connectivity index (χ2n) is 6.03. The Balaban J connectivity index is 1.51. The number of benzene rings is 2. The first-order valence-electron chi connectivity index (χ1n) is 8.60. The molecule has 4 aromatic rings. The van der Waals surface area contributed by atoms with E-state index in [1.54, 1.807) is 18.5 Å². The Hall–Kier alpha value is -3.10. The normalized spacial score (nSPS) is 11.0. The molecule has 0 spiro atoms. The molecule has 0 fully saturated rings. The minimum absolute atomic E-state index is 0.232. The number of anilines is 1. The van der Waals surface area contributed by atoms with Crippen molar-refractivity contribution in [2.75, 3.05) is 11.9 Å². The van der Waals surface area contributed by atoms with Gasteiger partial charge in [0, 0.05) is 29.2 Å². The predicted molar refractivity (Wildman–Crippen MR) is 107 cm³/mol. The van der Waals surface area contributed by atoms with E-state index in [0.29, 0.717) is 23.1 Å². The fraction of sp³-hybridized carbons (Fsp3) is 0.158. The number of nitrogens with one attached hydrogen (secondary N) is 1. The standard InChI is InChI=1S/C19H18N6OS/c20-9-4-10-25-12-21-15-11-14(7-8-16(15)25)18(26)23-19-22-17(24-27-19)13-5-2-1-3-6-13/h1-3,5-8,11-12H,4,9-10,20H2,(H,22,23,24,26). The molecule has 7 nitrogen and oxygen atoms in total. The van der Waals surface area contributed by atoms with Crippen LogP contribution in [0.3, 0.4) is 0 Å². The van der Waals surface area contributed by atoms with Crippen molar-refractivity contribution >= 4 is 33.6 Å². The molecule has 0 atom stereocenters. The maximum absolute atomic E-state index is 12.6. The number of nitrogens with zero attached hydrogens (tertiary/aromatic N) is 4. The monoisotopic (exact) mass is 378 g/mol. The average Bonchev–Trinajstić information content (AvgIpc) is 3.33. The van der Waals surface area contributed by atoms with E-state index in [4.69, 9.17) is 5.73 Å². The molecular formula is C19H18N6OS. The summed E-state index contributed by atoms with van der Waals surface area (Å²) in [6.07, 6.45) is 2.66. The van der Waals surface area contributed by atoms with Gasteiger partial charge in [0.15, 0.2) is 5.82 Å². The van der Waals surface area contributed by atoms with E-state index in [2.05, 4.69) is 19.7 Å². The van der Waals surface area contributed by atoms with Crippen LogP contribution in [0, 0.1) is 0 Å². The molecule has 0 aliphatic heterocycles. The number of aryl methyl sites for hydroxylation is 1. The molecule has 2 aromatic heterocycles. The molecule has 2 heterocycles. The zero-order chi connectivity index (χ0) is 18.6. The molecule has 0 aliphatic rings. The van der Waals surface area contributed by atoms with Crippen LogP contribution in [0.15, 0.2) is 54.9 Å². The molecule has 0 aliphatic carbocycles. The molecule has 0 unspecified atom stereocenters. The van der Waals surface area contributed by atoms with Gasteiger partial charge in [-0.15, -0.1) is 0 Å². The second-order valence-corrected chi connectivity index (χ2v) is 6.78. The first-order chi connectivity index (χ1) is 13.2. The summed E-state index contributed by atoms with van der Waals surface area (Å²) in [5.74, 6) is 0.370. The SMILES string of the molecule is NCCCn1cnc2cc(C(=O)Nc3nc(-c4ccccc4)ns3)ccc21. The van der Waals surface area contributed by atoms with Gasteiger partial charge in [0.25, 0.3) is 5.91 Å². The summed E-state index contributed by atoms with van der Waals surface area (Å²) < 4.78 is 6.35. The summed E-state index contributed by atoms with van der Waals surface area (Å²) in [4.78, 5) is 21.3. The van der Waals surface area contributed by atoms with Gasteiger partial charge >= 0.3 is 0 Å². The summed E-state index contributed by atoms with van der Waals surface area (Å²) in [6, 6.07) is 15.1. The minimum atomic E-state index is -0.232. The fourth-order valence-electron chi connectivity index (χ4n) is 2.79. The average molecular weight is 378 g/mol. The van der Waals surface area contributed by atoms with Gasteiger partial charge in [-0.3, -0.25) is 10.1 Å². The highest BCUT2D eigenvalue weighted by molar-refractivity contribution is 7.10. The number of nitrogens with two attached hydrogens (primary N) is 1. The smallest absolute Gasteiger partial charge is 0.257 e. The lowest BCUT2D eigenvalue weighted by Gasteiger charge is -2.04. The zero-order valence-electron chi connectivity index (χ0n) is 14.5. The van der Waals surface area contributed by atoms with Crippen LogP contribution >= 0.6 is 11.5 Å². The first-order valence-corrected chi connectivity index (χ1v) is 9.37. The summed E-state index contributed by atoms with van der Waals surface area (Å²) in [5.41, 5.74) is 8.78. The number of imidazole rings is 1. The summed E-state index contributed by atoms with van der Waals surface area (Å²) in [7, 11) is 0. The number of fused-ring (bicyclic) bond motifs is 1. The van der Waals surface area contributed by atoms with Crippen molar-refractivity contribution in [3.8, 4) is 11.4 Å². The van der Waals surface area contributed by atoms with Crippen LogP contribution in [0.4, 0.5) is 5.13 Å². The molecule has 0 saturated heterocycles. The number of rotatable bonds is 6. The van der Waals surface area contributed by atoms with Crippen LogP contribution < -0.4 is 11.1 Å². The molecule has 0 bridgehead atoms. The number of hydrogen-bond acceptors (Lipinski definition) is 6. The Labute approximate surface area is 160 Å². The molecule has 27 heavy (non-hydrogen) atoms. The van der Waals surface area contributed by atoms with Crippen LogP contribution in [-0.4, -0.2) is 31.4 Å². The van der Waals surface area contributed by atoms with E-state index >= 15 is 0 Å². The molecule has 0 radical (unpaired) electrons. The molecule has 0 saturated carbocycles. The fourth-order valence-corrected chi connectivity index (χ4v) is 3.38. The highest BCUT2D eigenvalue weighted by Crippen LogP contribution is 2.22. The van der Waals surface area contributed by atoms with Crippen molar-refractivity contribution in [1.29, 1.82) is 0 Å². The zero-order valence-corrected chi connectivity index (χ0v) is 15.3. The topological polar surface area (TPSA) is 98.7 Å². The van der Waals surface area contributed by atoms with Gasteiger partial charge in [0.2, 0.25) is 5.13 Å². The number of carbonyl (C=O) groups excluding carboxylic acids is 1. The number of carbonyl (C=O) groups is 1. The molecule has 136 valence electrons. The van der Waals surface area contributed by atoms with Gasteiger partial charge in [-0.25, -0.2) is 4.98 Å². The van der Waals surface area contributed by atoms with E-state index in [-0.39, 0.29) is 5.91 Å². The molecule has 1 amide bonds. The summed E-state index contributed by atoms with van der Waals surface area (Å²) >= 11 is 1.16. The van der Waals surface area contributed by atoms with E-state index in [1.165, 1.54) is 0 Å². The Kier molecular flexibility index (Phi) is 4.91. The Bertz CT molecular complexity index is 1070. The van der Waals surface area contributed by atoms with Gasteiger partial charge < -0.3 is 10.3 Å². The van der Waals surface area contributed by atoms with Crippen molar-refractivity contribution < 1.29 is 4.79 Å². The number of amides is 1. The minimum Gasteiger partial charge on any atom is -0.331 e. The summed E-state index contributed by atoms with van der Waals surface area (Å²) in [5, 5.41) is 3.27. The van der Waals surface area contributed by atoms with Crippen molar-refractivity contribution in [2.24, 2.45) is 5.73 Å². The molecular weight excluding hydrogens is 360 g/mol. The van der Waals surface area contributed by atoms with Gasteiger partial charge in [-0.05, 0) is 31.2 Å². The molecule has 2 aromatic carbocycles. The van der Waals surface area contributed by atoms with Gasteiger partial charge in [0.1, 0.15) is 0 Å². The van der Waals surface area contributed by atoms with Crippen molar-refractivity contribution in [3.05, 3.63) is 60.4 Å². The van der Waals surface area contributed by atoms with E-state index in [9.17, 15) is 4.79 Å². The number of aromatic nitrogens is 4. The highest BCUT2D eigenvalue weighted by Gasteiger charge is 2.13. The van der Waals surface area contributed by atoms with E-state index in [0.717, 1.165) is 41.1 Å². The van der Waals surface area contributed by atoms with Crippen LogP contribution in [-0.2, 0) is 6.54 Å². The lowest BCUT2D eigenvalue weighted by Crippen LogP contribution is -2.11. The van der Waals surface area contributed by atoms with Crippen molar-refractivity contribution in [3.63, 3.8) is 0 Å². The lowest BCUT2D eigenvalue weighted by molar-refractivity contribution is 0.102. The maximum Gasteiger partial charge on any atom is 0.257 e. The van der Waals surface area contributed by atoms with E-state index in [1.807, 2.05) is 41.0 Å². The third kappa shape index (κ3) is 3.71. The predicted octanol–water partition coefficient (Wildman–Crippen LogP) is 3.16.